The van der Waals surface area contributed by atoms with Gasteiger partial charge in [-0.25, -0.2) is 0 Å². The number of benzene rings is 2. The van der Waals surface area contributed by atoms with Crippen molar-refractivity contribution in [2.75, 3.05) is 48.7 Å². The van der Waals surface area contributed by atoms with Crippen molar-refractivity contribution in [3.05, 3.63) is 66.2 Å². The molecule has 2 heterocycles. The molecule has 0 saturated carbocycles. The molecule has 1 aliphatic rings. The normalized spacial score (nSPS) is 14.3. The Labute approximate surface area is 196 Å². The number of piperazine rings is 1. The van der Waals surface area contributed by atoms with Crippen LogP contribution in [0.2, 0.25) is 5.02 Å². The molecule has 9 heteroatoms. The zero-order chi connectivity index (χ0) is 22.3. The van der Waals surface area contributed by atoms with Gasteiger partial charge in [0.1, 0.15) is 0 Å². The molecule has 4 rings (SSSR count). The van der Waals surface area contributed by atoms with Crippen LogP contribution in [0.1, 0.15) is 0 Å². The third-order valence-electron chi connectivity index (χ3n) is 5.12. The van der Waals surface area contributed by atoms with Crippen molar-refractivity contribution in [1.82, 2.24) is 15.1 Å². The molecule has 0 spiro atoms. The lowest BCUT2D eigenvalue weighted by Crippen LogP contribution is -2.46. The van der Waals surface area contributed by atoms with Crippen molar-refractivity contribution < 1.29 is 9.21 Å². The van der Waals surface area contributed by atoms with Crippen molar-refractivity contribution in [1.29, 1.82) is 0 Å². The SMILES string of the molecule is C=CCN1CCN(c2ccccc2NC(=O)CSc2nnc(-c3ccccc3Cl)o2)CC1. The highest BCUT2D eigenvalue weighted by Crippen LogP contribution is 2.30. The molecule has 0 radical (unpaired) electrons. The Morgan fingerprint density at radius 2 is 1.88 bits per heavy atom. The Hall–Kier alpha value is -2.81. The Kier molecular flexibility index (Phi) is 7.47. The van der Waals surface area contributed by atoms with Gasteiger partial charge in [-0.05, 0) is 24.3 Å². The molecule has 0 unspecified atom stereocenters. The molecule has 0 bridgehead atoms. The number of rotatable bonds is 8. The number of hydrogen-bond acceptors (Lipinski definition) is 7. The van der Waals surface area contributed by atoms with E-state index in [4.69, 9.17) is 16.0 Å². The fourth-order valence-electron chi connectivity index (χ4n) is 3.53. The van der Waals surface area contributed by atoms with Gasteiger partial charge in [0.15, 0.2) is 0 Å². The summed E-state index contributed by atoms with van der Waals surface area (Å²) in [4.78, 5) is 17.3. The van der Waals surface area contributed by atoms with Gasteiger partial charge < -0.3 is 14.6 Å². The maximum Gasteiger partial charge on any atom is 0.277 e. The smallest absolute Gasteiger partial charge is 0.277 e. The molecular weight excluding hydrogens is 446 g/mol. The minimum atomic E-state index is -0.134. The van der Waals surface area contributed by atoms with E-state index >= 15 is 0 Å². The van der Waals surface area contributed by atoms with Crippen LogP contribution in [0.3, 0.4) is 0 Å². The van der Waals surface area contributed by atoms with Gasteiger partial charge in [0, 0.05) is 32.7 Å². The first kappa shape index (κ1) is 22.4. The second-order valence-corrected chi connectivity index (χ2v) is 8.62. The van der Waals surface area contributed by atoms with Gasteiger partial charge in [0.25, 0.3) is 5.22 Å². The summed E-state index contributed by atoms with van der Waals surface area (Å²) in [5.74, 6) is 0.357. The van der Waals surface area contributed by atoms with Crippen LogP contribution in [0.4, 0.5) is 11.4 Å². The number of amides is 1. The van der Waals surface area contributed by atoms with E-state index in [0.29, 0.717) is 21.7 Å². The number of halogens is 1. The molecule has 1 saturated heterocycles. The summed E-state index contributed by atoms with van der Waals surface area (Å²) in [6.07, 6.45) is 1.93. The topological polar surface area (TPSA) is 74.5 Å². The quantitative estimate of drug-likeness (QED) is 0.386. The molecule has 1 amide bonds. The summed E-state index contributed by atoms with van der Waals surface area (Å²) >= 11 is 7.37. The summed E-state index contributed by atoms with van der Waals surface area (Å²) in [7, 11) is 0. The summed E-state index contributed by atoms with van der Waals surface area (Å²) in [6.45, 7) is 8.46. The number of anilines is 2. The number of nitrogens with one attached hydrogen (secondary N) is 1. The highest BCUT2D eigenvalue weighted by atomic mass is 35.5. The van der Waals surface area contributed by atoms with Gasteiger partial charge in [0.2, 0.25) is 11.8 Å². The predicted octanol–water partition coefficient (Wildman–Crippen LogP) is 4.43. The standard InChI is InChI=1S/C23H24ClN5O2S/c1-2-11-28-12-14-29(15-13-28)20-10-6-5-9-19(20)25-21(30)16-32-23-27-26-22(31-23)17-7-3-4-8-18(17)24/h2-10H,1,11-16H2,(H,25,30). The van der Waals surface area contributed by atoms with E-state index < -0.39 is 0 Å². The van der Waals surface area contributed by atoms with Crippen molar-refractivity contribution in [2.45, 2.75) is 5.22 Å². The number of hydrogen-bond donors (Lipinski definition) is 1. The highest BCUT2D eigenvalue weighted by Gasteiger charge is 2.19. The van der Waals surface area contributed by atoms with Crippen LogP contribution in [0.15, 0.2) is 70.8 Å². The maximum absolute atomic E-state index is 12.6. The van der Waals surface area contributed by atoms with E-state index in [-0.39, 0.29) is 11.7 Å². The van der Waals surface area contributed by atoms with Crippen LogP contribution in [0.25, 0.3) is 11.5 Å². The predicted molar refractivity (Wildman–Crippen MR) is 129 cm³/mol. The molecule has 166 valence electrons. The third-order valence-corrected chi connectivity index (χ3v) is 6.26. The van der Waals surface area contributed by atoms with Gasteiger partial charge in [0.05, 0.1) is 27.7 Å². The van der Waals surface area contributed by atoms with Crippen molar-refractivity contribution in [2.24, 2.45) is 0 Å². The van der Waals surface area contributed by atoms with E-state index in [1.54, 1.807) is 6.07 Å². The minimum absolute atomic E-state index is 0.134. The Bertz CT molecular complexity index is 1080. The van der Waals surface area contributed by atoms with Gasteiger partial charge in [-0.2, -0.15) is 0 Å². The number of aromatic nitrogens is 2. The average molecular weight is 470 g/mol. The largest absolute Gasteiger partial charge is 0.411 e. The molecular formula is C23H24ClN5O2S. The van der Waals surface area contributed by atoms with Gasteiger partial charge in [-0.15, -0.1) is 16.8 Å². The number of nitrogens with zero attached hydrogens (tertiary/aromatic N) is 4. The Morgan fingerprint density at radius 3 is 2.66 bits per heavy atom. The first-order chi connectivity index (χ1) is 15.6. The first-order valence-corrected chi connectivity index (χ1v) is 11.7. The van der Waals surface area contributed by atoms with Crippen LogP contribution in [0, 0.1) is 0 Å². The van der Waals surface area contributed by atoms with E-state index in [1.807, 2.05) is 48.5 Å². The molecule has 2 aromatic carbocycles. The monoisotopic (exact) mass is 469 g/mol. The van der Waals surface area contributed by atoms with E-state index in [0.717, 1.165) is 44.1 Å². The maximum atomic E-state index is 12.6. The van der Waals surface area contributed by atoms with Crippen molar-refractivity contribution in [3.8, 4) is 11.5 Å². The third kappa shape index (κ3) is 5.51. The fraction of sp³-hybridized carbons (Fsp3) is 0.261. The molecule has 7 nitrogen and oxygen atoms in total. The summed E-state index contributed by atoms with van der Waals surface area (Å²) < 4.78 is 5.66. The number of carbonyl (C=O) groups excluding carboxylic acids is 1. The van der Waals surface area contributed by atoms with E-state index in [2.05, 4.69) is 31.9 Å². The average Bonchev–Trinajstić information content (AvgIpc) is 3.28. The van der Waals surface area contributed by atoms with Crippen LogP contribution in [-0.4, -0.2) is 59.5 Å². The highest BCUT2D eigenvalue weighted by molar-refractivity contribution is 7.99. The molecule has 1 fully saturated rings. The second-order valence-electron chi connectivity index (χ2n) is 7.28. The fourth-order valence-corrected chi connectivity index (χ4v) is 4.31. The zero-order valence-electron chi connectivity index (χ0n) is 17.5. The first-order valence-electron chi connectivity index (χ1n) is 10.3. The molecule has 0 atom stereocenters. The molecule has 1 N–H and O–H groups in total. The van der Waals surface area contributed by atoms with Gasteiger partial charge >= 0.3 is 0 Å². The van der Waals surface area contributed by atoms with Crippen LogP contribution >= 0.6 is 23.4 Å². The zero-order valence-corrected chi connectivity index (χ0v) is 19.1. The lowest BCUT2D eigenvalue weighted by Gasteiger charge is -2.36. The lowest BCUT2D eigenvalue weighted by atomic mass is 10.2. The van der Waals surface area contributed by atoms with E-state index in [9.17, 15) is 4.79 Å². The number of thioether (sulfide) groups is 1. The van der Waals surface area contributed by atoms with Crippen LogP contribution < -0.4 is 10.2 Å². The molecule has 32 heavy (non-hydrogen) atoms. The molecule has 1 aliphatic heterocycles. The summed E-state index contributed by atoms with van der Waals surface area (Å²) in [6, 6.07) is 15.1. The summed E-state index contributed by atoms with van der Waals surface area (Å²) in [5.41, 5.74) is 2.50. The van der Waals surface area contributed by atoms with Gasteiger partial charge in [-0.1, -0.05) is 53.7 Å². The molecule has 1 aromatic heterocycles. The Balaban J connectivity index is 1.34. The van der Waals surface area contributed by atoms with Crippen LogP contribution in [0.5, 0.6) is 0 Å². The van der Waals surface area contributed by atoms with Crippen molar-refractivity contribution >= 4 is 40.6 Å². The summed E-state index contributed by atoms with van der Waals surface area (Å²) in [5, 5.41) is 11.9. The van der Waals surface area contributed by atoms with E-state index in [1.165, 1.54) is 11.8 Å². The minimum Gasteiger partial charge on any atom is -0.411 e. The number of carbonyl (C=O) groups is 1. The molecule has 3 aromatic rings. The van der Waals surface area contributed by atoms with Crippen molar-refractivity contribution in [3.63, 3.8) is 0 Å². The Morgan fingerprint density at radius 1 is 1.12 bits per heavy atom. The number of para-hydroxylation sites is 2. The van der Waals surface area contributed by atoms with Gasteiger partial charge in [-0.3, -0.25) is 9.69 Å². The lowest BCUT2D eigenvalue weighted by molar-refractivity contribution is -0.113. The second kappa shape index (κ2) is 10.7. The molecule has 0 aliphatic carbocycles. The van der Waals surface area contributed by atoms with Crippen LogP contribution in [-0.2, 0) is 4.79 Å².